The van der Waals surface area contributed by atoms with Gasteiger partial charge < -0.3 is 4.74 Å². The van der Waals surface area contributed by atoms with Crippen LogP contribution in [0.1, 0.15) is 34.6 Å². The topological polar surface area (TPSA) is 9.23 Å². The first-order valence-corrected chi connectivity index (χ1v) is 4.61. The van der Waals surface area contributed by atoms with Crippen LogP contribution in [-0.2, 0) is 4.74 Å². The Morgan fingerprint density at radius 2 is 1.45 bits per heavy atom. The van der Waals surface area contributed by atoms with E-state index in [0.717, 1.165) is 19.1 Å². The lowest BCUT2D eigenvalue weighted by atomic mass is 9.99. The summed E-state index contributed by atoms with van der Waals surface area (Å²) in [7, 11) is 0. The Balaban J connectivity index is 3.24. The molecule has 0 rings (SSSR count). The highest BCUT2D eigenvalue weighted by molar-refractivity contribution is 4.55. The lowest BCUT2D eigenvalue weighted by Gasteiger charge is -2.16. The van der Waals surface area contributed by atoms with Crippen LogP contribution >= 0.6 is 0 Å². The molecular weight excluding hydrogens is 136 g/mol. The molecule has 0 saturated heterocycles. The van der Waals surface area contributed by atoms with E-state index in [1.54, 1.807) is 0 Å². The first kappa shape index (κ1) is 11.0. The number of hydrogen-bond acceptors (Lipinski definition) is 1. The van der Waals surface area contributed by atoms with Crippen LogP contribution in [0.25, 0.3) is 0 Å². The van der Waals surface area contributed by atoms with E-state index in [-0.39, 0.29) is 0 Å². The van der Waals surface area contributed by atoms with E-state index in [0.29, 0.717) is 11.8 Å². The standard InChI is InChI=1S/C10H22O/c1-8(2)6-11-7-10(5)9(3)4/h8-10H,6-7H2,1-5H3. The fraction of sp³-hybridized carbons (Fsp3) is 1.00. The molecule has 0 fully saturated rings. The quantitative estimate of drug-likeness (QED) is 0.597. The van der Waals surface area contributed by atoms with E-state index in [9.17, 15) is 0 Å². The summed E-state index contributed by atoms with van der Waals surface area (Å²) >= 11 is 0. The summed E-state index contributed by atoms with van der Waals surface area (Å²) < 4.78 is 5.52. The van der Waals surface area contributed by atoms with Gasteiger partial charge in [-0.3, -0.25) is 0 Å². The van der Waals surface area contributed by atoms with Crippen molar-refractivity contribution in [1.29, 1.82) is 0 Å². The largest absolute Gasteiger partial charge is 0.381 e. The summed E-state index contributed by atoms with van der Waals surface area (Å²) in [6.45, 7) is 12.9. The summed E-state index contributed by atoms with van der Waals surface area (Å²) in [5.41, 5.74) is 0. The average molecular weight is 158 g/mol. The van der Waals surface area contributed by atoms with E-state index < -0.39 is 0 Å². The third-order valence-corrected chi connectivity index (χ3v) is 1.97. The predicted molar refractivity (Wildman–Crippen MR) is 49.7 cm³/mol. The van der Waals surface area contributed by atoms with Crippen LogP contribution in [0.2, 0.25) is 0 Å². The minimum atomic E-state index is 0.661. The molecule has 0 aliphatic carbocycles. The molecule has 0 radical (unpaired) electrons. The third-order valence-electron chi connectivity index (χ3n) is 1.97. The first-order chi connectivity index (χ1) is 5.04. The maximum Gasteiger partial charge on any atom is 0.0494 e. The maximum absolute atomic E-state index is 5.52. The average Bonchev–Trinajstić information content (AvgIpc) is 1.86. The van der Waals surface area contributed by atoms with E-state index in [4.69, 9.17) is 4.74 Å². The van der Waals surface area contributed by atoms with Gasteiger partial charge in [0.1, 0.15) is 0 Å². The molecule has 1 atom stereocenters. The Morgan fingerprint density at radius 3 is 1.82 bits per heavy atom. The fourth-order valence-electron chi connectivity index (χ4n) is 0.682. The van der Waals surface area contributed by atoms with Crippen molar-refractivity contribution in [2.75, 3.05) is 13.2 Å². The zero-order chi connectivity index (χ0) is 8.85. The molecular formula is C10H22O. The summed E-state index contributed by atoms with van der Waals surface area (Å²) in [6, 6.07) is 0. The Hall–Kier alpha value is -0.0400. The van der Waals surface area contributed by atoms with Crippen LogP contribution in [0.4, 0.5) is 0 Å². The molecule has 1 unspecified atom stereocenters. The van der Waals surface area contributed by atoms with Crippen molar-refractivity contribution in [2.45, 2.75) is 34.6 Å². The van der Waals surface area contributed by atoms with Crippen LogP contribution in [0.15, 0.2) is 0 Å². The van der Waals surface area contributed by atoms with E-state index in [1.165, 1.54) is 0 Å². The van der Waals surface area contributed by atoms with Crippen molar-refractivity contribution >= 4 is 0 Å². The van der Waals surface area contributed by atoms with Crippen molar-refractivity contribution in [3.8, 4) is 0 Å². The number of ether oxygens (including phenoxy) is 1. The Bertz CT molecular complexity index is 86.9. The highest BCUT2D eigenvalue weighted by Gasteiger charge is 2.06. The summed E-state index contributed by atoms with van der Waals surface area (Å²) in [5.74, 6) is 2.09. The summed E-state index contributed by atoms with van der Waals surface area (Å²) in [4.78, 5) is 0. The number of rotatable bonds is 5. The van der Waals surface area contributed by atoms with Crippen LogP contribution in [-0.4, -0.2) is 13.2 Å². The molecule has 11 heavy (non-hydrogen) atoms. The molecule has 0 spiro atoms. The second kappa shape index (κ2) is 5.59. The zero-order valence-corrected chi connectivity index (χ0v) is 8.55. The van der Waals surface area contributed by atoms with Gasteiger partial charge in [-0.2, -0.15) is 0 Å². The van der Waals surface area contributed by atoms with Crippen molar-refractivity contribution in [2.24, 2.45) is 17.8 Å². The summed E-state index contributed by atoms with van der Waals surface area (Å²) in [6.07, 6.45) is 0. The molecule has 0 aromatic heterocycles. The highest BCUT2D eigenvalue weighted by atomic mass is 16.5. The second-order valence-corrected chi connectivity index (χ2v) is 4.15. The predicted octanol–water partition coefficient (Wildman–Crippen LogP) is 2.95. The lowest BCUT2D eigenvalue weighted by Crippen LogP contribution is -2.14. The first-order valence-electron chi connectivity index (χ1n) is 4.61. The molecule has 0 saturated carbocycles. The molecule has 0 heterocycles. The molecule has 68 valence electrons. The Labute approximate surface area is 71.1 Å². The van der Waals surface area contributed by atoms with Crippen molar-refractivity contribution in [3.05, 3.63) is 0 Å². The van der Waals surface area contributed by atoms with Gasteiger partial charge >= 0.3 is 0 Å². The lowest BCUT2D eigenvalue weighted by molar-refractivity contribution is 0.0715. The van der Waals surface area contributed by atoms with Gasteiger partial charge in [0.15, 0.2) is 0 Å². The second-order valence-electron chi connectivity index (χ2n) is 4.15. The van der Waals surface area contributed by atoms with Crippen LogP contribution in [0.3, 0.4) is 0 Å². The Kier molecular flexibility index (Phi) is 5.57. The van der Waals surface area contributed by atoms with Crippen LogP contribution < -0.4 is 0 Å². The number of hydrogen-bond donors (Lipinski definition) is 0. The molecule has 0 aromatic rings. The smallest absolute Gasteiger partial charge is 0.0494 e. The van der Waals surface area contributed by atoms with Gasteiger partial charge in [0.05, 0.1) is 0 Å². The third kappa shape index (κ3) is 6.36. The zero-order valence-electron chi connectivity index (χ0n) is 8.55. The monoisotopic (exact) mass is 158 g/mol. The van der Waals surface area contributed by atoms with Gasteiger partial charge in [-0.05, 0) is 17.8 Å². The molecule has 1 nitrogen and oxygen atoms in total. The van der Waals surface area contributed by atoms with Gasteiger partial charge in [-0.25, -0.2) is 0 Å². The minimum absolute atomic E-state index is 0.661. The SMILES string of the molecule is CC(C)COCC(C)C(C)C. The van der Waals surface area contributed by atoms with Crippen molar-refractivity contribution in [3.63, 3.8) is 0 Å². The van der Waals surface area contributed by atoms with Crippen LogP contribution in [0, 0.1) is 17.8 Å². The van der Waals surface area contributed by atoms with Gasteiger partial charge in [0.2, 0.25) is 0 Å². The maximum atomic E-state index is 5.52. The highest BCUT2D eigenvalue weighted by Crippen LogP contribution is 2.09. The molecule has 0 aliphatic rings. The fourth-order valence-corrected chi connectivity index (χ4v) is 0.682. The van der Waals surface area contributed by atoms with E-state index >= 15 is 0 Å². The molecule has 0 N–H and O–H groups in total. The molecule has 1 heteroatoms. The molecule has 0 bridgehead atoms. The van der Waals surface area contributed by atoms with Gasteiger partial charge in [-0.1, -0.05) is 34.6 Å². The van der Waals surface area contributed by atoms with E-state index in [1.807, 2.05) is 0 Å². The summed E-state index contributed by atoms with van der Waals surface area (Å²) in [5, 5.41) is 0. The molecule has 0 aromatic carbocycles. The molecule has 0 amide bonds. The van der Waals surface area contributed by atoms with Crippen molar-refractivity contribution in [1.82, 2.24) is 0 Å². The normalized spacial score (nSPS) is 14.5. The van der Waals surface area contributed by atoms with Gasteiger partial charge in [-0.15, -0.1) is 0 Å². The van der Waals surface area contributed by atoms with Crippen LogP contribution in [0.5, 0.6) is 0 Å². The van der Waals surface area contributed by atoms with Gasteiger partial charge in [0.25, 0.3) is 0 Å². The molecule has 0 aliphatic heterocycles. The minimum Gasteiger partial charge on any atom is -0.381 e. The van der Waals surface area contributed by atoms with E-state index in [2.05, 4.69) is 34.6 Å². The van der Waals surface area contributed by atoms with Crippen molar-refractivity contribution < 1.29 is 4.74 Å². The Morgan fingerprint density at radius 1 is 0.909 bits per heavy atom. The van der Waals surface area contributed by atoms with Gasteiger partial charge in [0, 0.05) is 13.2 Å².